The van der Waals surface area contributed by atoms with E-state index in [0.717, 1.165) is 0 Å². The fourth-order valence-corrected chi connectivity index (χ4v) is 3.03. The van der Waals surface area contributed by atoms with Crippen LogP contribution >= 0.6 is 0 Å². The molecule has 0 spiro atoms. The zero-order chi connectivity index (χ0) is 25.8. The number of benzene rings is 1. The molecule has 3 rings (SSSR count). The van der Waals surface area contributed by atoms with Crippen molar-refractivity contribution in [3.05, 3.63) is 42.0 Å². The number of rotatable bonds is 7. The fraction of sp³-hybridized carbons (Fsp3) is 0.348. The molecule has 12 nitrogen and oxygen atoms in total. The highest BCUT2D eigenvalue weighted by Gasteiger charge is 2.20. The predicted octanol–water partition coefficient (Wildman–Crippen LogP) is 3.06. The highest BCUT2D eigenvalue weighted by Crippen LogP contribution is 2.24. The van der Waals surface area contributed by atoms with Crippen LogP contribution in [0.5, 0.6) is 0 Å². The Morgan fingerprint density at radius 2 is 1.83 bits per heavy atom. The molecule has 3 N–H and O–H groups in total. The first-order valence-electron chi connectivity index (χ1n) is 10.7. The molecule has 2 heterocycles. The molecule has 1 aromatic carbocycles. The smallest absolute Gasteiger partial charge is 0.413 e. The van der Waals surface area contributed by atoms with Gasteiger partial charge in [0.1, 0.15) is 11.2 Å². The van der Waals surface area contributed by atoms with Crippen molar-refractivity contribution in [3.8, 4) is 0 Å². The molecule has 0 bridgehead atoms. The molecule has 0 unspecified atom stereocenters. The Balaban J connectivity index is 1.66. The van der Waals surface area contributed by atoms with Crippen LogP contribution in [0.3, 0.4) is 0 Å². The molecule has 0 radical (unpaired) electrons. The Hall–Kier alpha value is -4.35. The Bertz CT molecular complexity index is 1270. The maximum Gasteiger partial charge on any atom is 0.413 e. The molecule has 0 saturated carbocycles. The Labute approximate surface area is 201 Å². The third kappa shape index (κ3) is 6.82. The maximum atomic E-state index is 12.7. The monoisotopic (exact) mass is 485 g/mol. The lowest BCUT2D eigenvalue weighted by Gasteiger charge is -2.18. The summed E-state index contributed by atoms with van der Waals surface area (Å²) in [5, 5.41) is 8.38. The van der Waals surface area contributed by atoms with Crippen LogP contribution in [0.25, 0.3) is 11.0 Å². The lowest BCUT2D eigenvalue weighted by molar-refractivity contribution is -0.140. The van der Waals surface area contributed by atoms with Gasteiger partial charge in [-0.25, -0.2) is 9.78 Å². The van der Waals surface area contributed by atoms with Crippen molar-refractivity contribution < 1.29 is 33.1 Å². The normalized spacial score (nSPS) is 11.1. The van der Waals surface area contributed by atoms with Crippen molar-refractivity contribution in [2.75, 3.05) is 24.3 Å². The molecule has 0 aliphatic carbocycles. The number of nitrogens with one attached hydrogen (secondary N) is 3. The summed E-state index contributed by atoms with van der Waals surface area (Å²) in [6.07, 6.45) is 0.849. The Morgan fingerprint density at radius 3 is 2.51 bits per heavy atom. The average Bonchev–Trinajstić information content (AvgIpc) is 3.34. The van der Waals surface area contributed by atoms with Gasteiger partial charge in [-0.1, -0.05) is 0 Å². The Kier molecular flexibility index (Phi) is 7.43. The first kappa shape index (κ1) is 25.3. The van der Waals surface area contributed by atoms with Gasteiger partial charge < -0.3 is 29.1 Å². The van der Waals surface area contributed by atoms with E-state index in [4.69, 9.17) is 9.15 Å². The van der Waals surface area contributed by atoms with E-state index in [-0.39, 0.29) is 30.4 Å². The minimum atomic E-state index is -0.682. The number of aromatic nitrogens is 2. The molecule has 3 amide bonds. The first-order chi connectivity index (χ1) is 16.4. The largest absolute Gasteiger partial charge is 0.469 e. The predicted molar refractivity (Wildman–Crippen MR) is 126 cm³/mol. The second kappa shape index (κ2) is 10.3. The molecule has 0 atom stereocenters. The molecule has 3 aromatic rings. The van der Waals surface area contributed by atoms with Crippen molar-refractivity contribution >= 4 is 46.4 Å². The van der Waals surface area contributed by atoms with Crippen LogP contribution in [0, 0.1) is 0 Å². The summed E-state index contributed by atoms with van der Waals surface area (Å²) in [5.41, 5.74) is 0.224. The van der Waals surface area contributed by atoms with Gasteiger partial charge in [0.05, 0.1) is 13.5 Å². The number of imidazole rings is 1. The highest BCUT2D eigenvalue weighted by molar-refractivity contribution is 6.04. The molecule has 0 aliphatic heterocycles. The number of anilines is 2. The summed E-state index contributed by atoms with van der Waals surface area (Å²) in [6, 6.07) is 6.41. The molecule has 0 fully saturated rings. The van der Waals surface area contributed by atoms with Crippen LogP contribution in [-0.2, 0) is 21.3 Å². The number of aryl methyl sites for hydroxylation is 1. The molecular weight excluding hydrogens is 458 g/mol. The number of furan rings is 1. The van der Waals surface area contributed by atoms with Gasteiger partial charge in [0, 0.05) is 30.9 Å². The number of carbonyl (C=O) groups excluding carboxylic acids is 4. The number of fused-ring (bicyclic) bond motifs is 1. The van der Waals surface area contributed by atoms with E-state index in [9.17, 15) is 19.2 Å². The van der Waals surface area contributed by atoms with Gasteiger partial charge in [0.25, 0.3) is 11.8 Å². The van der Waals surface area contributed by atoms with Crippen LogP contribution in [-0.4, -0.2) is 52.7 Å². The molecule has 2 aromatic heterocycles. The van der Waals surface area contributed by atoms with Crippen molar-refractivity contribution in [1.29, 1.82) is 0 Å². The van der Waals surface area contributed by atoms with Crippen molar-refractivity contribution in [1.82, 2.24) is 14.9 Å². The zero-order valence-electron chi connectivity index (χ0n) is 20.1. The number of esters is 1. The summed E-state index contributed by atoms with van der Waals surface area (Å²) in [4.78, 5) is 52.2. The van der Waals surface area contributed by atoms with Crippen LogP contribution < -0.4 is 16.0 Å². The third-order valence-corrected chi connectivity index (χ3v) is 4.55. The van der Waals surface area contributed by atoms with E-state index in [1.54, 1.807) is 46.0 Å². The van der Waals surface area contributed by atoms with E-state index in [2.05, 4.69) is 25.7 Å². The van der Waals surface area contributed by atoms with Crippen LogP contribution in [0.15, 0.2) is 34.9 Å². The van der Waals surface area contributed by atoms with Gasteiger partial charge in [-0.05, 0) is 45.0 Å². The summed E-state index contributed by atoms with van der Waals surface area (Å²) >= 11 is 0. The number of carbonyl (C=O) groups is 4. The molecule has 12 heteroatoms. The topological polar surface area (TPSA) is 154 Å². The number of hydrogen-bond donors (Lipinski definition) is 3. The number of methoxy groups -OCH3 is 1. The van der Waals surface area contributed by atoms with Crippen molar-refractivity contribution in [3.63, 3.8) is 0 Å². The van der Waals surface area contributed by atoms with E-state index in [0.29, 0.717) is 16.7 Å². The van der Waals surface area contributed by atoms with Gasteiger partial charge >= 0.3 is 12.1 Å². The van der Waals surface area contributed by atoms with Gasteiger partial charge in [-0.3, -0.25) is 19.7 Å². The number of amides is 3. The zero-order valence-corrected chi connectivity index (χ0v) is 20.1. The first-order valence-corrected chi connectivity index (χ1v) is 10.7. The van der Waals surface area contributed by atoms with Crippen LogP contribution in [0.4, 0.5) is 16.3 Å². The van der Waals surface area contributed by atoms with Crippen molar-refractivity contribution in [2.45, 2.75) is 32.8 Å². The van der Waals surface area contributed by atoms with Crippen LogP contribution in [0.1, 0.15) is 48.4 Å². The minimum Gasteiger partial charge on any atom is -0.469 e. The SMILES string of the molecule is COC(=O)CCNC(=O)c1cc2cc(NC(=O)c3nc(NC(=O)OC(C)(C)C)cn3C)ccc2o1. The second-order valence-electron chi connectivity index (χ2n) is 8.59. The minimum absolute atomic E-state index is 0.0425. The maximum absolute atomic E-state index is 12.7. The summed E-state index contributed by atoms with van der Waals surface area (Å²) in [6.45, 7) is 5.32. The molecule has 35 heavy (non-hydrogen) atoms. The summed E-state index contributed by atoms with van der Waals surface area (Å²) in [5.74, 6) is -1.12. The molecule has 0 aliphatic rings. The van der Waals surface area contributed by atoms with Gasteiger partial charge in [-0.2, -0.15) is 0 Å². The highest BCUT2D eigenvalue weighted by atomic mass is 16.6. The summed E-state index contributed by atoms with van der Waals surface area (Å²) < 4.78 is 16.7. The average molecular weight is 485 g/mol. The van der Waals surface area contributed by atoms with E-state index in [1.807, 2.05) is 0 Å². The second-order valence-corrected chi connectivity index (χ2v) is 8.59. The van der Waals surface area contributed by atoms with Crippen molar-refractivity contribution in [2.24, 2.45) is 7.05 Å². The van der Waals surface area contributed by atoms with E-state index in [1.165, 1.54) is 23.9 Å². The lowest BCUT2D eigenvalue weighted by atomic mass is 10.2. The quantitative estimate of drug-likeness (QED) is 0.432. The van der Waals surface area contributed by atoms with Crippen LogP contribution in [0.2, 0.25) is 0 Å². The molecule has 0 saturated heterocycles. The van der Waals surface area contributed by atoms with Gasteiger partial charge in [0.2, 0.25) is 5.82 Å². The number of ether oxygens (including phenoxy) is 2. The van der Waals surface area contributed by atoms with Gasteiger partial charge in [-0.15, -0.1) is 0 Å². The lowest BCUT2D eigenvalue weighted by Crippen LogP contribution is -2.27. The Morgan fingerprint density at radius 1 is 1.09 bits per heavy atom. The third-order valence-electron chi connectivity index (χ3n) is 4.55. The number of hydrogen-bond acceptors (Lipinski definition) is 8. The van der Waals surface area contributed by atoms with E-state index < -0.39 is 29.5 Å². The van der Waals surface area contributed by atoms with E-state index >= 15 is 0 Å². The molecule has 186 valence electrons. The summed E-state index contributed by atoms with van der Waals surface area (Å²) in [7, 11) is 2.89. The molecular formula is C23H27N5O7. The standard InChI is InChI=1S/C23H27N5O7/c1-23(2,3)35-22(32)27-17-12-28(4)19(26-17)21(31)25-14-6-7-15-13(10-14)11-16(34-15)20(30)24-9-8-18(29)33-5/h6-7,10-12H,8-9H2,1-5H3,(H,24,30)(H,25,31)(H,27,32). The fourth-order valence-electron chi connectivity index (χ4n) is 3.03. The van der Waals surface area contributed by atoms with Gasteiger partial charge in [0.15, 0.2) is 11.6 Å². The number of nitrogens with zero attached hydrogens (tertiary/aromatic N) is 2.